The lowest BCUT2D eigenvalue weighted by Gasteiger charge is -2.39. The molecule has 0 bridgehead atoms. The maximum Gasteiger partial charge on any atom is 0.424 e. The minimum Gasteiger partial charge on any atom is -0.360 e. The van der Waals surface area contributed by atoms with Gasteiger partial charge in [0.25, 0.3) is 11.2 Å². The number of hydrogen-bond donors (Lipinski definition) is 1. The van der Waals surface area contributed by atoms with Gasteiger partial charge < -0.3 is 5.32 Å². The van der Waals surface area contributed by atoms with Gasteiger partial charge in [-0.1, -0.05) is 18.2 Å². The van der Waals surface area contributed by atoms with Gasteiger partial charge in [0.15, 0.2) is 0 Å². The number of nitrogens with one attached hydrogen (secondary N) is 1. The SMILES string of the molecule is O=[N+]([O-])c1ccc(C(Nc2ccccc2)(C(F)(F)F)C(F)(F)F)cc1. The third-order valence-corrected chi connectivity index (χ3v) is 3.47. The van der Waals surface area contributed by atoms with Crippen molar-refractivity contribution in [2.45, 2.75) is 17.9 Å². The van der Waals surface area contributed by atoms with Crippen LogP contribution in [0.2, 0.25) is 0 Å². The molecule has 0 aliphatic rings. The predicted octanol–water partition coefficient (Wildman–Crippen LogP) is 5.03. The number of anilines is 1. The highest BCUT2D eigenvalue weighted by atomic mass is 19.4. The summed E-state index contributed by atoms with van der Waals surface area (Å²) in [5.41, 5.74) is -6.66. The van der Waals surface area contributed by atoms with Gasteiger partial charge in [0.1, 0.15) is 0 Å². The molecule has 0 atom stereocenters. The van der Waals surface area contributed by atoms with Crippen molar-refractivity contribution in [3.05, 3.63) is 70.3 Å². The molecule has 0 spiro atoms. The topological polar surface area (TPSA) is 55.2 Å². The first kappa shape index (κ1) is 18.6. The summed E-state index contributed by atoms with van der Waals surface area (Å²) in [6.07, 6.45) is -11.5. The summed E-state index contributed by atoms with van der Waals surface area (Å²) in [6, 6.07) is 8.15. The van der Waals surface area contributed by atoms with Crippen molar-refractivity contribution in [1.82, 2.24) is 0 Å². The number of para-hydroxylation sites is 1. The maximum atomic E-state index is 13.6. The number of nitro groups is 1. The summed E-state index contributed by atoms with van der Waals surface area (Å²) in [6.45, 7) is 0. The van der Waals surface area contributed by atoms with Crippen molar-refractivity contribution in [1.29, 1.82) is 0 Å². The Morgan fingerprint density at radius 2 is 1.28 bits per heavy atom. The van der Waals surface area contributed by atoms with E-state index in [9.17, 15) is 36.5 Å². The zero-order chi connectivity index (χ0) is 18.9. The third-order valence-electron chi connectivity index (χ3n) is 3.47. The molecule has 0 saturated carbocycles. The molecule has 2 aromatic rings. The Kier molecular flexibility index (Phi) is 4.65. The monoisotopic (exact) mass is 364 g/mol. The van der Waals surface area contributed by atoms with Gasteiger partial charge in [-0.3, -0.25) is 10.1 Å². The largest absolute Gasteiger partial charge is 0.424 e. The normalized spacial score (nSPS) is 12.7. The summed E-state index contributed by atoms with van der Waals surface area (Å²) in [5, 5.41) is 12.1. The van der Waals surface area contributed by atoms with E-state index in [1.165, 1.54) is 23.5 Å². The summed E-state index contributed by atoms with van der Waals surface area (Å²) in [7, 11) is 0. The lowest BCUT2D eigenvalue weighted by Crippen LogP contribution is -2.59. The number of benzene rings is 2. The van der Waals surface area contributed by atoms with E-state index in [-0.39, 0.29) is 0 Å². The molecular formula is C15H10F6N2O2. The molecule has 0 aromatic heterocycles. The summed E-state index contributed by atoms with van der Waals surface area (Å²) >= 11 is 0. The average Bonchev–Trinajstić information content (AvgIpc) is 2.51. The lowest BCUT2D eigenvalue weighted by atomic mass is 9.87. The number of rotatable bonds is 4. The molecule has 0 amide bonds. The molecule has 10 heteroatoms. The van der Waals surface area contributed by atoms with Crippen molar-refractivity contribution in [2.75, 3.05) is 5.32 Å². The van der Waals surface area contributed by atoms with Crippen LogP contribution in [0.3, 0.4) is 0 Å². The molecule has 134 valence electrons. The molecular weight excluding hydrogens is 354 g/mol. The van der Waals surface area contributed by atoms with Gasteiger partial charge in [-0.25, -0.2) is 0 Å². The highest BCUT2D eigenvalue weighted by molar-refractivity contribution is 5.51. The summed E-state index contributed by atoms with van der Waals surface area (Å²) < 4.78 is 81.5. The first-order chi connectivity index (χ1) is 11.5. The van der Waals surface area contributed by atoms with Crippen molar-refractivity contribution in [3.8, 4) is 0 Å². The summed E-state index contributed by atoms with van der Waals surface area (Å²) in [4.78, 5) is 9.67. The van der Waals surface area contributed by atoms with E-state index >= 15 is 0 Å². The fourth-order valence-electron chi connectivity index (χ4n) is 2.27. The Labute approximate surface area is 137 Å². The number of halogens is 6. The van der Waals surface area contributed by atoms with E-state index < -0.39 is 39.8 Å². The number of nitro benzene ring substituents is 1. The van der Waals surface area contributed by atoms with Crippen LogP contribution in [0.1, 0.15) is 5.56 Å². The predicted molar refractivity (Wildman–Crippen MR) is 76.9 cm³/mol. The molecule has 4 nitrogen and oxygen atoms in total. The number of non-ortho nitro benzene ring substituents is 1. The van der Waals surface area contributed by atoms with E-state index in [1.54, 1.807) is 0 Å². The molecule has 0 aliphatic carbocycles. The number of hydrogen-bond acceptors (Lipinski definition) is 3. The highest BCUT2D eigenvalue weighted by Gasteiger charge is 2.72. The smallest absolute Gasteiger partial charge is 0.360 e. The third kappa shape index (κ3) is 3.37. The Balaban J connectivity index is 2.67. The molecule has 0 fully saturated rings. The van der Waals surface area contributed by atoms with E-state index in [4.69, 9.17) is 0 Å². The Hall–Kier alpha value is -2.78. The van der Waals surface area contributed by atoms with Gasteiger partial charge in [-0.2, -0.15) is 26.3 Å². The maximum absolute atomic E-state index is 13.6. The number of nitrogens with zero attached hydrogens (tertiary/aromatic N) is 1. The van der Waals surface area contributed by atoms with Crippen LogP contribution in [-0.2, 0) is 5.54 Å². The first-order valence-corrected chi connectivity index (χ1v) is 6.70. The highest BCUT2D eigenvalue weighted by Crippen LogP contribution is 2.52. The second kappa shape index (κ2) is 6.26. The van der Waals surface area contributed by atoms with Crippen LogP contribution in [0.25, 0.3) is 0 Å². The van der Waals surface area contributed by atoms with Crippen LogP contribution < -0.4 is 5.32 Å². The van der Waals surface area contributed by atoms with Crippen molar-refractivity contribution >= 4 is 11.4 Å². The zero-order valence-electron chi connectivity index (χ0n) is 12.2. The van der Waals surface area contributed by atoms with E-state index in [0.29, 0.717) is 24.3 Å². The Morgan fingerprint density at radius 3 is 1.68 bits per heavy atom. The van der Waals surface area contributed by atoms with Crippen LogP contribution in [-0.4, -0.2) is 17.3 Å². The fraction of sp³-hybridized carbons (Fsp3) is 0.200. The van der Waals surface area contributed by atoms with Crippen molar-refractivity contribution < 1.29 is 31.3 Å². The molecule has 2 aromatic carbocycles. The molecule has 0 aliphatic heterocycles. The van der Waals surface area contributed by atoms with Crippen LogP contribution in [0.5, 0.6) is 0 Å². The number of alkyl halides is 6. The van der Waals surface area contributed by atoms with E-state index in [0.717, 1.165) is 12.1 Å². The lowest BCUT2D eigenvalue weighted by molar-refractivity contribution is -0.385. The van der Waals surface area contributed by atoms with E-state index in [1.807, 2.05) is 0 Å². The summed E-state index contributed by atoms with van der Waals surface area (Å²) in [5.74, 6) is 0. The molecule has 1 N–H and O–H groups in total. The minimum absolute atomic E-state index is 0.407. The van der Waals surface area contributed by atoms with Gasteiger partial charge in [0, 0.05) is 17.8 Å². The Morgan fingerprint density at radius 1 is 0.800 bits per heavy atom. The quantitative estimate of drug-likeness (QED) is 0.470. The van der Waals surface area contributed by atoms with Gasteiger partial charge in [0.05, 0.1) is 4.92 Å². The molecule has 0 unspecified atom stereocenters. The van der Waals surface area contributed by atoms with Gasteiger partial charge in [-0.15, -0.1) is 0 Å². The fourth-order valence-corrected chi connectivity index (χ4v) is 2.27. The standard InChI is InChI=1S/C15H10F6N2O2/c16-14(17,18)13(15(19,20)21,22-11-4-2-1-3-5-11)10-6-8-12(9-7-10)23(24)25/h1-9,22H. The minimum atomic E-state index is -5.77. The van der Waals surface area contributed by atoms with Crippen LogP contribution >= 0.6 is 0 Å². The molecule has 0 saturated heterocycles. The second-order valence-electron chi connectivity index (χ2n) is 5.04. The van der Waals surface area contributed by atoms with Gasteiger partial charge >= 0.3 is 12.4 Å². The molecule has 0 radical (unpaired) electrons. The van der Waals surface area contributed by atoms with Crippen LogP contribution in [0, 0.1) is 10.1 Å². The average molecular weight is 364 g/mol. The van der Waals surface area contributed by atoms with Crippen LogP contribution in [0.4, 0.5) is 37.7 Å². The molecule has 0 heterocycles. The molecule has 25 heavy (non-hydrogen) atoms. The molecule has 2 rings (SSSR count). The van der Waals surface area contributed by atoms with E-state index in [2.05, 4.69) is 0 Å². The zero-order valence-corrected chi connectivity index (χ0v) is 12.2. The van der Waals surface area contributed by atoms with Gasteiger partial charge in [0.2, 0.25) is 0 Å². The second-order valence-corrected chi connectivity index (χ2v) is 5.04. The first-order valence-electron chi connectivity index (χ1n) is 6.70. The van der Waals surface area contributed by atoms with Crippen LogP contribution in [0.15, 0.2) is 54.6 Å². The van der Waals surface area contributed by atoms with Crippen molar-refractivity contribution in [3.63, 3.8) is 0 Å². The van der Waals surface area contributed by atoms with Gasteiger partial charge in [-0.05, 0) is 29.8 Å². The Bertz CT molecular complexity index is 727. The van der Waals surface area contributed by atoms with Crippen molar-refractivity contribution in [2.24, 2.45) is 0 Å².